The van der Waals surface area contributed by atoms with E-state index in [0.29, 0.717) is 35.8 Å². The maximum Gasteiger partial charge on any atom is 0.411 e. The Morgan fingerprint density at radius 3 is 1.89 bits per heavy atom. The van der Waals surface area contributed by atoms with E-state index in [9.17, 15) is 24.0 Å². The first-order valence-corrected chi connectivity index (χ1v) is 28.4. The third-order valence-electron chi connectivity index (χ3n) is 12.9. The molecular weight excluding hydrogens is 923 g/mol. The Bertz CT molecular complexity index is 2480. The minimum atomic E-state index is -3.24. The molecule has 1 aliphatic heterocycles. The first kappa shape index (κ1) is 54.5. The van der Waals surface area contributed by atoms with Crippen LogP contribution in [-0.2, 0) is 30.1 Å². The van der Waals surface area contributed by atoms with Crippen molar-refractivity contribution in [3.05, 3.63) is 120 Å². The minimum absolute atomic E-state index is 0.0323. The summed E-state index contributed by atoms with van der Waals surface area (Å²) in [7, 11) is -3.89. The normalized spacial score (nSPS) is 15.0. The number of benzene rings is 4. The number of carbonyl (C=O) groups is 5. The van der Waals surface area contributed by atoms with E-state index in [4.69, 9.17) is 28.8 Å². The number of nitrogens with one attached hydrogen (secondary N) is 3. The standard InChI is InChI=1S/C53H71N5O10Si2/c1-34(2)46(67-50(54)62)48(60)55-36(4)47(59)56-38-26-24-37(25-27-38)32-65-51(63)57-43-30-45(68-70(53(8,9)10,40-20-16-14-17-21-40)41-22-18-15-19-23-41)44(64-11)29-42(43)49(61)58-31-35(3)28-39(58)33-66-69(12,13)52(5,6)7/h14-27,29-31,34,36,39,46H,28,32-33H2,1-13H3,(H2,54,62)(H,55,60)(H,56,59)(H,57,63)/t36-,39-,46-/m0/s1. The van der Waals surface area contributed by atoms with Crippen LogP contribution in [0.4, 0.5) is 21.0 Å². The average molecular weight is 994 g/mol. The van der Waals surface area contributed by atoms with E-state index >= 15 is 0 Å². The van der Waals surface area contributed by atoms with Crippen LogP contribution in [0, 0.1) is 5.92 Å². The van der Waals surface area contributed by atoms with Gasteiger partial charge in [0.2, 0.25) is 5.91 Å². The lowest BCUT2D eigenvalue weighted by Gasteiger charge is -2.43. The second-order valence-electron chi connectivity index (χ2n) is 20.7. The zero-order chi connectivity index (χ0) is 51.8. The summed E-state index contributed by atoms with van der Waals surface area (Å²) >= 11 is 0. The summed E-state index contributed by atoms with van der Waals surface area (Å²) in [5, 5.41) is 9.74. The highest BCUT2D eigenvalue weighted by Gasteiger charge is 2.52. The van der Waals surface area contributed by atoms with E-state index in [1.807, 2.05) is 49.5 Å². The summed E-state index contributed by atoms with van der Waals surface area (Å²) in [4.78, 5) is 67.6. The molecule has 0 radical (unpaired) electrons. The van der Waals surface area contributed by atoms with Crippen molar-refractivity contribution in [3.63, 3.8) is 0 Å². The van der Waals surface area contributed by atoms with Gasteiger partial charge in [-0.05, 0) is 83.5 Å². The van der Waals surface area contributed by atoms with Gasteiger partial charge in [-0.2, -0.15) is 0 Å². The van der Waals surface area contributed by atoms with E-state index in [1.54, 1.807) is 55.1 Å². The molecule has 70 heavy (non-hydrogen) atoms. The zero-order valence-electron chi connectivity index (χ0n) is 42.9. The van der Waals surface area contributed by atoms with Gasteiger partial charge in [0.1, 0.15) is 18.4 Å². The fraction of sp³-hybridized carbons (Fsp3) is 0.415. The number of primary amides is 1. The zero-order valence-corrected chi connectivity index (χ0v) is 44.9. The molecule has 17 heteroatoms. The largest absolute Gasteiger partial charge is 0.531 e. The van der Waals surface area contributed by atoms with Gasteiger partial charge in [-0.15, -0.1) is 0 Å². The number of hydrogen-bond acceptors (Lipinski definition) is 10. The summed E-state index contributed by atoms with van der Waals surface area (Å²) in [5.41, 5.74) is 7.48. The topological polar surface area (TPSA) is 197 Å². The quantitative estimate of drug-likeness (QED) is 0.0698. The van der Waals surface area contributed by atoms with E-state index in [-0.39, 0.29) is 40.8 Å². The fourth-order valence-corrected chi connectivity index (χ4v) is 13.5. The van der Waals surface area contributed by atoms with Gasteiger partial charge in [-0.1, -0.05) is 134 Å². The molecule has 5 rings (SSSR count). The van der Waals surface area contributed by atoms with Crippen molar-refractivity contribution in [2.24, 2.45) is 11.7 Å². The lowest BCUT2D eigenvalue weighted by Crippen LogP contribution is -2.68. The van der Waals surface area contributed by atoms with Gasteiger partial charge in [-0.3, -0.25) is 19.7 Å². The van der Waals surface area contributed by atoms with Crippen molar-refractivity contribution in [1.29, 1.82) is 0 Å². The predicted molar refractivity (Wildman–Crippen MR) is 279 cm³/mol. The molecule has 376 valence electrons. The number of hydrogen-bond donors (Lipinski definition) is 4. The van der Waals surface area contributed by atoms with Crippen LogP contribution in [0.3, 0.4) is 0 Å². The maximum atomic E-state index is 15.0. The van der Waals surface area contributed by atoms with E-state index < -0.39 is 57.8 Å². The smallest absolute Gasteiger partial charge is 0.411 e. The third kappa shape index (κ3) is 13.0. The molecule has 0 unspecified atom stereocenters. The minimum Gasteiger partial charge on any atom is -0.531 e. The first-order chi connectivity index (χ1) is 32.8. The highest BCUT2D eigenvalue weighted by molar-refractivity contribution is 7.00. The van der Waals surface area contributed by atoms with E-state index in [1.165, 1.54) is 14.0 Å². The van der Waals surface area contributed by atoms with Crippen molar-refractivity contribution in [2.45, 2.75) is 124 Å². The monoisotopic (exact) mass is 993 g/mol. The van der Waals surface area contributed by atoms with Crippen LogP contribution in [0.1, 0.15) is 91.6 Å². The summed E-state index contributed by atoms with van der Waals surface area (Å²) in [6.07, 6.45) is -0.621. The molecule has 0 aliphatic carbocycles. The molecule has 0 saturated heterocycles. The molecule has 4 aromatic rings. The van der Waals surface area contributed by atoms with Crippen molar-refractivity contribution < 1.29 is 47.0 Å². The summed E-state index contributed by atoms with van der Waals surface area (Å²) in [5.74, 6) is -1.28. The molecule has 0 bridgehead atoms. The summed E-state index contributed by atoms with van der Waals surface area (Å²) in [6, 6.07) is 28.8. The Morgan fingerprint density at radius 2 is 1.37 bits per heavy atom. The second-order valence-corrected chi connectivity index (χ2v) is 29.7. The van der Waals surface area contributed by atoms with Crippen LogP contribution in [-0.4, -0.2) is 83.3 Å². The molecule has 1 heterocycles. The number of rotatable bonds is 18. The third-order valence-corrected chi connectivity index (χ3v) is 22.3. The fourth-order valence-electron chi connectivity index (χ4n) is 7.99. The van der Waals surface area contributed by atoms with E-state index in [2.05, 4.69) is 94.9 Å². The van der Waals surface area contributed by atoms with Crippen molar-refractivity contribution >= 4 is 68.3 Å². The molecule has 4 aromatic carbocycles. The van der Waals surface area contributed by atoms with Crippen LogP contribution in [0.25, 0.3) is 0 Å². The maximum absolute atomic E-state index is 15.0. The molecule has 5 N–H and O–H groups in total. The number of amides is 5. The molecule has 0 fully saturated rings. The first-order valence-electron chi connectivity index (χ1n) is 23.5. The van der Waals surface area contributed by atoms with Gasteiger partial charge in [0.25, 0.3) is 11.8 Å². The van der Waals surface area contributed by atoms with Crippen molar-refractivity contribution in [1.82, 2.24) is 10.2 Å². The number of methoxy groups -OCH3 is 1. The van der Waals surface area contributed by atoms with Crippen molar-refractivity contribution in [3.8, 4) is 11.5 Å². The molecule has 5 amide bonds. The number of nitrogens with zero attached hydrogens (tertiary/aromatic N) is 1. The lowest BCUT2D eigenvalue weighted by atomic mass is 10.1. The van der Waals surface area contributed by atoms with Crippen LogP contribution in [0.5, 0.6) is 11.5 Å². The Balaban J connectivity index is 1.45. The molecule has 3 atom stereocenters. The Labute approximate surface area is 415 Å². The Morgan fingerprint density at radius 1 is 0.786 bits per heavy atom. The molecule has 0 saturated carbocycles. The van der Waals surface area contributed by atoms with Crippen LogP contribution < -0.4 is 41.2 Å². The molecule has 1 aliphatic rings. The number of carbonyl (C=O) groups excluding carboxylic acids is 5. The molecule has 0 aromatic heterocycles. The highest BCUT2D eigenvalue weighted by atomic mass is 28.4. The highest BCUT2D eigenvalue weighted by Crippen LogP contribution is 2.43. The molecule has 0 spiro atoms. The van der Waals surface area contributed by atoms with Crippen LogP contribution >= 0.6 is 0 Å². The van der Waals surface area contributed by atoms with Gasteiger partial charge in [0, 0.05) is 18.0 Å². The molecule has 15 nitrogen and oxygen atoms in total. The average Bonchev–Trinajstić information content (AvgIpc) is 3.68. The predicted octanol–water partition coefficient (Wildman–Crippen LogP) is 9.09. The SMILES string of the molecule is COc1cc(C(=O)N2C=C(C)C[C@H]2CO[Si](C)(C)C(C)(C)C)c(NC(=O)OCc2ccc(NC(=O)[C@H](C)NC(=O)[C@@H](OC(N)=O)C(C)C)cc2)cc1O[Si](c1ccccc1)(c1ccccc1)C(C)(C)C. The van der Waals surface area contributed by atoms with Gasteiger partial charge >= 0.3 is 20.5 Å². The van der Waals surface area contributed by atoms with Crippen molar-refractivity contribution in [2.75, 3.05) is 24.4 Å². The summed E-state index contributed by atoms with van der Waals surface area (Å²) < 4.78 is 30.8. The summed E-state index contributed by atoms with van der Waals surface area (Å²) in [6.45, 7) is 24.4. The Kier molecular flexibility index (Phi) is 17.6. The Hall–Kier alpha value is -6.44. The van der Waals surface area contributed by atoms with Gasteiger partial charge in [0.05, 0.1) is 31.0 Å². The lowest BCUT2D eigenvalue weighted by molar-refractivity contribution is -0.134. The van der Waals surface area contributed by atoms with Crippen LogP contribution in [0.15, 0.2) is 109 Å². The van der Waals surface area contributed by atoms with Gasteiger partial charge < -0.3 is 44.3 Å². The second kappa shape index (κ2) is 22.5. The van der Waals surface area contributed by atoms with Gasteiger partial charge in [0.15, 0.2) is 20.2 Å². The van der Waals surface area contributed by atoms with Gasteiger partial charge in [-0.25, -0.2) is 9.59 Å². The number of ether oxygens (including phenoxy) is 3. The van der Waals surface area contributed by atoms with E-state index in [0.717, 1.165) is 15.9 Å². The number of anilines is 2. The molecular formula is C53H71N5O10Si2. The number of nitrogens with two attached hydrogens (primary N) is 1. The van der Waals surface area contributed by atoms with Crippen LogP contribution in [0.2, 0.25) is 23.2 Å².